The highest BCUT2D eigenvalue weighted by Gasteiger charge is 2.05. The van der Waals surface area contributed by atoms with Crippen LogP contribution in [0.1, 0.15) is 5.56 Å². The highest BCUT2D eigenvalue weighted by atomic mass is 79.9. The molecular formula is C17H15BrN2O. The second-order valence-electron chi connectivity index (χ2n) is 4.70. The number of hydrogen-bond acceptors (Lipinski definition) is 3. The Hall–Kier alpha value is -2.07. The molecule has 3 aromatic rings. The summed E-state index contributed by atoms with van der Waals surface area (Å²) in [4.78, 5) is 4.45. The van der Waals surface area contributed by atoms with Crippen LogP contribution in [0.15, 0.2) is 59.2 Å². The largest absolute Gasteiger partial charge is 0.497 e. The summed E-state index contributed by atoms with van der Waals surface area (Å²) < 4.78 is 6.21. The maximum absolute atomic E-state index is 5.17. The Morgan fingerprint density at radius 1 is 1.10 bits per heavy atom. The number of hydrogen-bond donors (Lipinski definition) is 1. The highest BCUT2D eigenvalue weighted by Crippen LogP contribution is 2.29. The number of nitrogens with zero attached hydrogens (tertiary/aromatic N) is 1. The number of anilines is 1. The van der Waals surface area contributed by atoms with Crippen molar-refractivity contribution in [3.63, 3.8) is 0 Å². The summed E-state index contributed by atoms with van der Waals surface area (Å²) in [6.45, 7) is 0.720. The summed E-state index contributed by atoms with van der Waals surface area (Å²) in [6.07, 6.45) is 1.82. The van der Waals surface area contributed by atoms with Gasteiger partial charge in [0.1, 0.15) is 11.6 Å². The molecule has 0 aliphatic rings. The molecule has 3 rings (SSSR count). The number of nitrogens with one attached hydrogen (secondary N) is 1. The Kier molecular flexibility index (Phi) is 4.06. The van der Waals surface area contributed by atoms with Gasteiger partial charge >= 0.3 is 0 Å². The number of rotatable bonds is 4. The molecule has 0 saturated heterocycles. The first-order valence-electron chi connectivity index (χ1n) is 6.68. The van der Waals surface area contributed by atoms with Gasteiger partial charge in [0.2, 0.25) is 0 Å². The number of fused-ring (bicyclic) bond motifs is 1. The molecule has 0 radical (unpaired) electrons. The smallest absolute Gasteiger partial charge is 0.135 e. The minimum Gasteiger partial charge on any atom is -0.497 e. The van der Waals surface area contributed by atoms with Gasteiger partial charge < -0.3 is 10.1 Å². The fourth-order valence-electron chi connectivity index (χ4n) is 2.25. The molecular weight excluding hydrogens is 328 g/mol. The average molecular weight is 343 g/mol. The van der Waals surface area contributed by atoms with Crippen LogP contribution in [0.3, 0.4) is 0 Å². The van der Waals surface area contributed by atoms with E-state index >= 15 is 0 Å². The quantitative estimate of drug-likeness (QED) is 0.751. The lowest BCUT2D eigenvalue weighted by molar-refractivity contribution is 0.414. The molecule has 0 atom stereocenters. The summed E-state index contributed by atoms with van der Waals surface area (Å²) in [5, 5.41) is 5.67. The van der Waals surface area contributed by atoms with Crippen molar-refractivity contribution < 1.29 is 4.74 Å². The molecule has 4 heteroatoms. The van der Waals surface area contributed by atoms with Crippen molar-refractivity contribution in [2.45, 2.75) is 6.54 Å². The first-order valence-corrected chi connectivity index (χ1v) is 7.47. The molecule has 1 heterocycles. The number of halogens is 1. The van der Waals surface area contributed by atoms with Crippen LogP contribution < -0.4 is 10.1 Å². The third-order valence-electron chi connectivity index (χ3n) is 3.36. The Morgan fingerprint density at radius 2 is 1.90 bits per heavy atom. The van der Waals surface area contributed by atoms with E-state index in [2.05, 4.69) is 32.3 Å². The predicted octanol–water partition coefficient (Wildman–Crippen LogP) is 4.62. The van der Waals surface area contributed by atoms with E-state index in [1.165, 1.54) is 5.56 Å². The zero-order valence-electron chi connectivity index (χ0n) is 11.6. The lowest BCUT2D eigenvalue weighted by Crippen LogP contribution is -2.02. The first-order chi connectivity index (χ1) is 10.3. The fraction of sp³-hybridized carbons (Fsp3) is 0.118. The SMILES string of the molecule is COc1ccc(CNc2nccc3cccc(Br)c23)cc1. The van der Waals surface area contributed by atoms with E-state index in [0.29, 0.717) is 0 Å². The first kappa shape index (κ1) is 13.9. The Morgan fingerprint density at radius 3 is 2.67 bits per heavy atom. The van der Waals surface area contributed by atoms with Crippen LogP contribution in [-0.2, 0) is 6.54 Å². The van der Waals surface area contributed by atoms with Crippen molar-refractivity contribution in [1.82, 2.24) is 4.98 Å². The molecule has 1 N–H and O–H groups in total. The van der Waals surface area contributed by atoms with Crippen LogP contribution in [0.25, 0.3) is 10.8 Å². The standard InChI is InChI=1S/C17H15BrN2O/c1-21-14-7-5-12(6-8-14)11-20-17-16-13(9-10-19-17)3-2-4-15(16)18/h2-10H,11H2,1H3,(H,19,20). The Balaban J connectivity index is 1.84. The molecule has 0 aliphatic heterocycles. The van der Waals surface area contributed by atoms with E-state index in [9.17, 15) is 0 Å². The molecule has 0 unspecified atom stereocenters. The van der Waals surface area contributed by atoms with Crippen LogP contribution >= 0.6 is 15.9 Å². The maximum atomic E-state index is 5.17. The number of benzene rings is 2. The molecule has 106 valence electrons. The van der Waals surface area contributed by atoms with Crippen LogP contribution in [0.5, 0.6) is 5.75 Å². The van der Waals surface area contributed by atoms with Gasteiger partial charge in [-0.3, -0.25) is 0 Å². The zero-order valence-corrected chi connectivity index (χ0v) is 13.2. The van der Waals surface area contributed by atoms with E-state index in [1.807, 2.05) is 48.7 Å². The Bertz CT molecular complexity index is 751. The van der Waals surface area contributed by atoms with E-state index in [4.69, 9.17) is 4.74 Å². The minimum absolute atomic E-state index is 0.720. The molecule has 0 aliphatic carbocycles. The van der Waals surface area contributed by atoms with E-state index in [0.717, 1.165) is 33.4 Å². The predicted molar refractivity (Wildman–Crippen MR) is 89.8 cm³/mol. The van der Waals surface area contributed by atoms with Crippen molar-refractivity contribution in [3.8, 4) is 5.75 Å². The molecule has 0 bridgehead atoms. The van der Waals surface area contributed by atoms with Gasteiger partial charge in [0, 0.05) is 22.6 Å². The molecule has 0 amide bonds. The summed E-state index contributed by atoms with van der Waals surface area (Å²) >= 11 is 3.60. The van der Waals surface area contributed by atoms with Gasteiger partial charge in [-0.1, -0.05) is 40.2 Å². The highest BCUT2D eigenvalue weighted by molar-refractivity contribution is 9.10. The van der Waals surface area contributed by atoms with Crippen LogP contribution in [0.2, 0.25) is 0 Å². The van der Waals surface area contributed by atoms with Crippen molar-refractivity contribution >= 4 is 32.5 Å². The second-order valence-corrected chi connectivity index (χ2v) is 5.55. The zero-order chi connectivity index (χ0) is 14.7. The summed E-state index contributed by atoms with van der Waals surface area (Å²) in [5.74, 6) is 1.75. The number of aromatic nitrogens is 1. The van der Waals surface area contributed by atoms with Crippen molar-refractivity contribution in [2.24, 2.45) is 0 Å². The number of methoxy groups -OCH3 is 1. The van der Waals surface area contributed by atoms with Crippen LogP contribution in [0.4, 0.5) is 5.82 Å². The lowest BCUT2D eigenvalue weighted by atomic mass is 10.1. The van der Waals surface area contributed by atoms with Gasteiger partial charge in [-0.05, 0) is 35.2 Å². The number of ether oxygens (including phenoxy) is 1. The van der Waals surface area contributed by atoms with Crippen molar-refractivity contribution in [1.29, 1.82) is 0 Å². The van der Waals surface area contributed by atoms with E-state index in [-0.39, 0.29) is 0 Å². The minimum atomic E-state index is 0.720. The van der Waals surface area contributed by atoms with E-state index in [1.54, 1.807) is 7.11 Å². The third kappa shape index (κ3) is 3.00. The van der Waals surface area contributed by atoms with Gasteiger partial charge in [-0.2, -0.15) is 0 Å². The lowest BCUT2D eigenvalue weighted by Gasteiger charge is -2.10. The van der Waals surface area contributed by atoms with Gasteiger partial charge in [0.25, 0.3) is 0 Å². The van der Waals surface area contributed by atoms with Gasteiger partial charge in [0.15, 0.2) is 0 Å². The monoisotopic (exact) mass is 342 g/mol. The molecule has 1 aromatic heterocycles. The maximum Gasteiger partial charge on any atom is 0.135 e. The summed E-state index contributed by atoms with van der Waals surface area (Å²) in [7, 11) is 1.67. The van der Waals surface area contributed by atoms with E-state index < -0.39 is 0 Å². The van der Waals surface area contributed by atoms with Gasteiger partial charge in [-0.15, -0.1) is 0 Å². The molecule has 2 aromatic carbocycles. The van der Waals surface area contributed by atoms with Crippen LogP contribution in [0, 0.1) is 0 Å². The normalized spacial score (nSPS) is 10.6. The summed E-state index contributed by atoms with van der Waals surface area (Å²) in [6, 6.07) is 16.2. The van der Waals surface area contributed by atoms with Crippen LogP contribution in [-0.4, -0.2) is 12.1 Å². The Labute approximate surface area is 132 Å². The molecule has 0 saturated carbocycles. The van der Waals surface area contributed by atoms with Gasteiger partial charge in [-0.25, -0.2) is 4.98 Å². The molecule has 3 nitrogen and oxygen atoms in total. The van der Waals surface area contributed by atoms with Crippen molar-refractivity contribution in [3.05, 3.63) is 64.8 Å². The third-order valence-corrected chi connectivity index (χ3v) is 4.02. The topological polar surface area (TPSA) is 34.1 Å². The molecule has 0 fully saturated rings. The molecule has 21 heavy (non-hydrogen) atoms. The summed E-state index contributed by atoms with van der Waals surface area (Å²) in [5.41, 5.74) is 1.18. The molecule has 0 spiro atoms. The number of pyridine rings is 1. The fourth-order valence-corrected chi connectivity index (χ4v) is 2.82. The second kappa shape index (κ2) is 6.14. The van der Waals surface area contributed by atoms with Crippen molar-refractivity contribution in [2.75, 3.05) is 12.4 Å². The average Bonchev–Trinajstić information content (AvgIpc) is 2.53. The van der Waals surface area contributed by atoms with Gasteiger partial charge in [0.05, 0.1) is 7.11 Å².